The Balaban J connectivity index is 3.08. The Labute approximate surface area is 62.4 Å². The van der Waals surface area contributed by atoms with Crippen molar-refractivity contribution in [2.75, 3.05) is 0 Å². The summed E-state index contributed by atoms with van der Waals surface area (Å²) in [5.41, 5.74) is 1.76. The summed E-state index contributed by atoms with van der Waals surface area (Å²) >= 11 is 4.02. The Morgan fingerprint density at radius 1 is 1.44 bits per heavy atom. The number of hydrogen-bond acceptors (Lipinski definition) is 5. The van der Waals surface area contributed by atoms with Crippen molar-refractivity contribution < 1.29 is 0 Å². The minimum Gasteiger partial charge on any atom is -0.265 e. The molecule has 0 saturated heterocycles. The summed E-state index contributed by atoms with van der Waals surface area (Å²) in [7, 11) is 0. The second-order valence-corrected chi connectivity index (χ2v) is 4.72. The molecule has 5 heteroatoms. The first-order valence-electron chi connectivity index (χ1n) is 2.19. The molecular formula is C4HNOS3. The first-order valence-corrected chi connectivity index (χ1v) is 4.70. The first-order chi connectivity index (χ1) is 4.36. The van der Waals surface area contributed by atoms with Gasteiger partial charge >= 0.3 is 0 Å². The van der Waals surface area contributed by atoms with Gasteiger partial charge in [0, 0.05) is 0 Å². The molecule has 0 radical (unpaired) electrons. The molecule has 2 rings (SSSR count). The fraction of sp³-hybridized carbons (Fsp3) is 0. The van der Waals surface area contributed by atoms with Crippen LogP contribution in [0.3, 0.4) is 0 Å². The summed E-state index contributed by atoms with van der Waals surface area (Å²) in [6, 6.07) is 0. The minimum absolute atomic E-state index is 0.143. The van der Waals surface area contributed by atoms with E-state index < -0.39 is 0 Å². The number of aromatic nitrogens is 1. The second-order valence-electron chi connectivity index (χ2n) is 1.40. The molecule has 0 amide bonds. The fourth-order valence-corrected chi connectivity index (χ4v) is 3.53. The Morgan fingerprint density at radius 2 is 2.33 bits per heavy atom. The Bertz CT molecular complexity index is 338. The number of fused-ring (bicyclic) bond motifs is 1. The molecule has 2 heterocycles. The lowest BCUT2D eigenvalue weighted by Crippen LogP contribution is -1.73. The average Bonchev–Trinajstić information content (AvgIpc) is 2.22. The molecule has 0 saturated carbocycles. The quantitative estimate of drug-likeness (QED) is 0.611. The van der Waals surface area contributed by atoms with Crippen molar-refractivity contribution in [3.63, 3.8) is 0 Å². The number of thiazole rings is 1. The molecule has 0 bridgehead atoms. The van der Waals surface area contributed by atoms with E-state index in [1.165, 1.54) is 34.0 Å². The molecule has 0 aliphatic carbocycles. The predicted octanol–water partition coefficient (Wildman–Crippen LogP) is 1.78. The van der Waals surface area contributed by atoms with Crippen molar-refractivity contribution >= 4 is 42.9 Å². The van der Waals surface area contributed by atoms with E-state index in [4.69, 9.17) is 0 Å². The van der Waals surface area contributed by atoms with Crippen molar-refractivity contribution in [3.05, 3.63) is 14.4 Å². The summed E-state index contributed by atoms with van der Waals surface area (Å²) < 4.78 is 1.19. The predicted molar refractivity (Wildman–Crippen MR) is 41.6 cm³/mol. The standard InChI is InChI=1S/C4HNOS3/c6-4-8-2-3(9-4)7-1-5-2/h1H. The SMILES string of the molecule is O=c1sc2ncsc2s1. The normalized spacial score (nSPS) is 10.7. The van der Waals surface area contributed by atoms with Crippen LogP contribution < -0.4 is 4.06 Å². The molecule has 0 aromatic carbocycles. The zero-order valence-corrected chi connectivity index (χ0v) is 6.61. The molecule has 0 aliphatic rings. The lowest BCUT2D eigenvalue weighted by molar-refractivity contribution is 1.54. The van der Waals surface area contributed by atoms with Gasteiger partial charge in [-0.25, -0.2) is 4.98 Å². The van der Waals surface area contributed by atoms with Crippen LogP contribution in [0.2, 0.25) is 0 Å². The molecule has 46 valence electrons. The number of nitrogens with zero attached hydrogens (tertiary/aromatic N) is 1. The minimum atomic E-state index is 0.143. The van der Waals surface area contributed by atoms with E-state index in [-0.39, 0.29) is 4.06 Å². The van der Waals surface area contributed by atoms with Crippen LogP contribution in [0.15, 0.2) is 10.3 Å². The van der Waals surface area contributed by atoms with Gasteiger partial charge in [-0.1, -0.05) is 22.7 Å². The monoisotopic (exact) mass is 175 g/mol. The van der Waals surface area contributed by atoms with Crippen LogP contribution in [0.5, 0.6) is 0 Å². The van der Waals surface area contributed by atoms with Crippen molar-refractivity contribution in [1.29, 1.82) is 0 Å². The molecule has 0 aliphatic heterocycles. The van der Waals surface area contributed by atoms with Gasteiger partial charge in [-0.15, -0.1) is 11.3 Å². The highest BCUT2D eigenvalue weighted by Gasteiger charge is 1.99. The van der Waals surface area contributed by atoms with E-state index in [0.29, 0.717) is 0 Å². The summed E-state index contributed by atoms with van der Waals surface area (Å²) in [6.07, 6.45) is 0. The molecule has 2 aromatic rings. The zero-order valence-electron chi connectivity index (χ0n) is 4.16. The van der Waals surface area contributed by atoms with E-state index in [2.05, 4.69) is 4.98 Å². The van der Waals surface area contributed by atoms with Crippen molar-refractivity contribution in [2.45, 2.75) is 0 Å². The molecule has 2 nitrogen and oxygen atoms in total. The Morgan fingerprint density at radius 3 is 3.11 bits per heavy atom. The van der Waals surface area contributed by atoms with Gasteiger partial charge in [-0.3, -0.25) is 4.79 Å². The van der Waals surface area contributed by atoms with Gasteiger partial charge in [0.2, 0.25) is 0 Å². The van der Waals surface area contributed by atoms with Crippen molar-refractivity contribution in [3.8, 4) is 0 Å². The van der Waals surface area contributed by atoms with Crippen LogP contribution >= 0.6 is 34.0 Å². The lowest BCUT2D eigenvalue weighted by Gasteiger charge is -1.59. The third-order valence-electron chi connectivity index (χ3n) is 0.860. The van der Waals surface area contributed by atoms with Gasteiger partial charge in [-0.2, -0.15) is 0 Å². The van der Waals surface area contributed by atoms with Gasteiger partial charge in [-0.05, 0) is 0 Å². The molecule has 0 unspecified atom stereocenters. The van der Waals surface area contributed by atoms with Gasteiger partial charge in [0.25, 0.3) is 4.06 Å². The maximum Gasteiger partial charge on any atom is 0.290 e. The van der Waals surface area contributed by atoms with E-state index in [1.54, 1.807) is 5.51 Å². The maximum absolute atomic E-state index is 10.7. The van der Waals surface area contributed by atoms with Gasteiger partial charge in [0.1, 0.15) is 8.84 Å². The highest BCUT2D eigenvalue weighted by atomic mass is 32.2. The lowest BCUT2D eigenvalue weighted by atomic mass is 11.0. The highest BCUT2D eigenvalue weighted by Crippen LogP contribution is 2.23. The highest BCUT2D eigenvalue weighted by molar-refractivity contribution is 7.45. The van der Waals surface area contributed by atoms with Crippen molar-refractivity contribution in [2.24, 2.45) is 0 Å². The summed E-state index contributed by atoms with van der Waals surface area (Å²) in [4.78, 5) is 15.5. The van der Waals surface area contributed by atoms with Crippen LogP contribution in [0, 0.1) is 0 Å². The molecule has 0 N–H and O–H groups in total. The fourth-order valence-electron chi connectivity index (χ4n) is 0.536. The molecule has 0 fully saturated rings. The second kappa shape index (κ2) is 1.86. The molecule has 0 spiro atoms. The summed E-state index contributed by atoms with van der Waals surface area (Å²) in [6.45, 7) is 0. The van der Waals surface area contributed by atoms with E-state index in [1.807, 2.05) is 0 Å². The third-order valence-corrected chi connectivity index (χ3v) is 3.99. The van der Waals surface area contributed by atoms with Crippen LogP contribution in [0.1, 0.15) is 0 Å². The Kier molecular flexibility index (Phi) is 1.14. The molecule has 2 aromatic heterocycles. The first kappa shape index (κ1) is 5.52. The molecule has 0 atom stereocenters. The van der Waals surface area contributed by atoms with Gasteiger partial charge in [0.15, 0.2) is 0 Å². The van der Waals surface area contributed by atoms with Crippen LogP contribution in [-0.4, -0.2) is 4.98 Å². The van der Waals surface area contributed by atoms with Gasteiger partial charge in [0.05, 0.1) is 5.51 Å². The zero-order chi connectivity index (χ0) is 6.27. The molecule has 9 heavy (non-hydrogen) atoms. The van der Waals surface area contributed by atoms with Crippen LogP contribution in [0.25, 0.3) is 8.84 Å². The van der Waals surface area contributed by atoms with E-state index in [9.17, 15) is 4.79 Å². The number of hydrogen-bond donors (Lipinski definition) is 0. The Hall–Kier alpha value is -0.260. The third kappa shape index (κ3) is 0.810. The van der Waals surface area contributed by atoms with E-state index >= 15 is 0 Å². The molecular weight excluding hydrogens is 174 g/mol. The van der Waals surface area contributed by atoms with Gasteiger partial charge < -0.3 is 0 Å². The summed E-state index contributed by atoms with van der Waals surface area (Å²) in [5, 5.41) is 0. The summed E-state index contributed by atoms with van der Waals surface area (Å²) in [5.74, 6) is 0. The van der Waals surface area contributed by atoms with E-state index in [0.717, 1.165) is 8.84 Å². The number of rotatable bonds is 0. The topological polar surface area (TPSA) is 30.0 Å². The smallest absolute Gasteiger partial charge is 0.265 e. The maximum atomic E-state index is 10.7. The van der Waals surface area contributed by atoms with Crippen LogP contribution in [0.4, 0.5) is 0 Å². The van der Waals surface area contributed by atoms with Crippen LogP contribution in [-0.2, 0) is 0 Å². The largest absolute Gasteiger partial charge is 0.290 e. The van der Waals surface area contributed by atoms with Crippen molar-refractivity contribution in [1.82, 2.24) is 4.98 Å². The average molecular weight is 175 g/mol.